The molecule has 0 atom stereocenters. The van der Waals surface area contributed by atoms with Crippen molar-refractivity contribution in [3.8, 4) is 73.1 Å². The Kier molecular flexibility index (Phi) is 11.7. The fourth-order valence-electron chi connectivity index (χ4n) is 12.2. The van der Waals surface area contributed by atoms with E-state index < -0.39 is 11.7 Å². The van der Waals surface area contributed by atoms with Gasteiger partial charge >= 0.3 is 6.18 Å². The molecule has 0 saturated heterocycles. The minimum Gasteiger partial charge on any atom is -0.308 e. The van der Waals surface area contributed by atoms with Gasteiger partial charge in [-0.1, -0.05) is 148 Å². The summed E-state index contributed by atoms with van der Waals surface area (Å²) < 4.78 is 47.4. The van der Waals surface area contributed by atoms with Crippen LogP contribution in [0.15, 0.2) is 176 Å². The van der Waals surface area contributed by atoms with Gasteiger partial charge in [0.05, 0.1) is 39.0 Å². The van der Waals surface area contributed by atoms with E-state index in [1.807, 2.05) is 12.1 Å². The van der Waals surface area contributed by atoms with Gasteiger partial charge in [0.25, 0.3) is 0 Å². The maximum absolute atomic E-state index is 14.4. The molecule has 2 aromatic heterocycles. The summed E-state index contributed by atoms with van der Waals surface area (Å²) in [6, 6.07) is 63.4. The summed E-state index contributed by atoms with van der Waals surface area (Å²) in [5, 5.41) is 16.0. The lowest BCUT2D eigenvalue weighted by Gasteiger charge is -2.20. The van der Waals surface area contributed by atoms with Crippen molar-refractivity contribution in [2.75, 3.05) is 0 Å². The number of aryl methyl sites for hydroxylation is 9. The van der Waals surface area contributed by atoms with Crippen molar-refractivity contribution in [1.82, 2.24) is 9.13 Å². The Bertz CT molecular complexity index is 3950. The largest absolute Gasteiger partial charge is 0.416 e. The zero-order chi connectivity index (χ0) is 53.8. The second kappa shape index (κ2) is 18.4. The highest BCUT2D eigenvalue weighted by molar-refractivity contribution is 6.14. The first-order chi connectivity index (χ1) is 36.9. The summed E-state index contributed by atoms with van der Waals surface area (Å²) in [5.41, 5.74) is 24.5. The molecule has 0 amide bonds. The summed E-state index contributed by atoms with van der Waals surface area (Å²) in [5.74, 6) is 0. The molecule has 0 radical (unpaired) electrons. The third-order valence-corrected chi connectivity index (χ3v) is 15.3. The predicted octanol–water partition coefficient (Wildman–Crippen LogP) is 19.9. The molecule has 10 aromatic carbocycles. The highest BCUT2D eigenvalue weighted by atomic mass is 19.4. The molecule has 12 rings (SSSR count). The molecule has 0 bridgehead atoms. The Morgan fingerprint density at radius 3 is 0.883 bits per heavy atom. The molecule has 0 N–H and O–H groups in total. The number of nitriles is 1. The number of alkyl halides is 3. The number of hydrogen-bond acceptors (Lipinski definition) is 1. The van der Waals surface area contributed by atoms with Gasteiger partial charge in [0, 0.05) is 21.5 Å². The number of hydrogen-bond donors (Lipinski definition) is 0. The standard InChI is InChI=1S/C71H56F3N3/c1-40-20-41(2)25-53(24-40)49-10-16-65-60(33-49)61-34-50(54-26-42(3)21-43(4)27-54)11-17-66(61)76(65)69-37-57(59-15-14-58(32-48(59)9)71(72,73)74)38-70(64(69)39-75)77-67-18-12-51(55-28-44(5)22-45(6)29-55)35-62(67)63-36-52(13-19-68(63)77)56-30-46(7)23-47(8)31-56/h10-38H,1-9H3. The van der Waals surface area contributed by atoms with Crippen LogP contribution in [-0.2, 0) is 6.18 Å². The lowest BCUT2D eigenvalue weighted by atomic mass is 9.95. The Hall–Kier alpha value is -8.92. The number of aromatic nitrogens is 2. The number of rotatable bonds is 7. The maximum Gasteiger partial charge on any atom is 0.416 e. The molecular weight excluding hydrogens is 952 g/mol. The van der Waals surface area contributed by atoms with Crippen LogP contribution in [0.3, 0.4) is 0 Å². The molecule has 77 heavy (non-hydrogen) atoms. The van der Waals surface area contributed by atoms with E-state index in [-0.39, 0.29) is 0 Å². The van der Waals surface area contributed by atoms with Crippen molar-refractivity contribution in [3.05, 3.63) is 237 Å². The van der Waals surface area contributed by atoms with E-state index in [9.17, 15) is 18.4 Å². The molecule has 0 aliphatic rings. The molecule has 0 aliphatic heterocycles. The molecule has 376 valence electrons. The van der Waals surface area contributed by atoms with Crippen molar-refractivity contribution in [1.29, 1.82) is 5.26 Å². The third-order valence-electron chi connectivity index (χ3n) is 15.3. The first-order valence-electron chi connectivity index (χ1n) is 26.2. The van der Waals surface area contributed by atoms with Crippen LogP contribution in [0, 0.1) is 73.6 Å². The molecule has 0 unspecified atom stereocenters. The Labute approximate surface area is 447 Å². The molecule has 0 aliphatic carbocycles. The van der Waals surface area contributed by atoms with E-state index in [2.05, 4.69) is 216 Å². The summed E-state index contributed by atoms with van der Waals surface area (Å²) in [6.45, 7) is 18.7. The maximum atomic E-state index is 14.4. The van der Waals surface area contributed by atoms with Crippen LogP contribution in [0.25, 0.3) is 111 Å². The number of fused-ring (bicyclic) bond motifs is 6. The van der Waals surface area contributed by atoms with Crippen molar-refractivity contribution >= 4 is 43.6 Å². The highest BCUT2D eigenvalue weighted by Gasteiger charge is 2.31. The Morgan fingerprint density at radius 2 is 0.623 bits per heavy atom. The van der Waals surface area contributed by atoms with Gasteiger partial charge in [-0.15, -0.1) is 0 Å². The average Bonchev–Trinajstić information content (AvgIpc) is 3.89. The minimum absolute atomic E-state index is 0.421. The van der Waals surface area contributed by atoms with E-state index in [1.165, 1.54) is 50.6 Å². The van der Waals surface area contributed by atoms with E-state index in [0.717, 1.165) is 94.2 Å². The van der Waals surface area contributed by atoms with Gasteiger partial charge in [-0.2, -0.15) is 18.4 Å². The first-order valence-corrected chi connectivity index (χ1v) is 26.2. The summed E-state index contributed by atoms with van der Waals surface area (Å²) in [4.78, 5) is 0. The summed E-state index contributed by atoms with van der Waals surface area (Å²) >= 11 is 0. The monoisotopic (exact) mass is 1010 g/mol. The molecule has 0 spiro atoms. The summed E-state index contributed by atoms with van der Waals surface area (Å²) in [7, 11) is 0. The summed E-state index contributed by atoms with van der Waals surface area (Å²) in [6.07, 6.45) is -4.52. The van der Waals surface area contributed by atoms with Crippen LogP contribution in [0.2, 0.25) is 0 Å². The van der Waals surface area contributed by atoms with E-state index in [0.29, 0.717) is 33.6 Å². The van der Waals surface area contributed by atoms with Crippen molar-refractivity contribution in [2.24, 2.45) is 0 Å². The number of benzene rings is 10. The SMILES string of the molecule is Cc1cc(C)cc(-c2ccc3c(c2)c2cc(-c4cc(C)cc(C)c4)ccc2n3-c2cc(-c3ccc(C(F)(F)F)cc3C)cc(-n3c4ccc(-c5cc(C)cc(C)c5)cc4c4cc(-c5cc(C)cc(C)c5)ccc43)c2C#N)c1. The van der Waals surface area contributed by atoms with E-state index >= 15 is 0 Å². The zero-order valence-electron chi connectivity index (χ0n) is 44.7. The van der Waals surface area contributed by atoms with Crippen molar-refractivity contribution in [3.63, 3.8) is 0 Å². The Balaban J connectivity index is 1.20. The molecular formula is C71H56F3N3. The van der Waals surface area contributed by atoms with Crippen molar-refractivity contribution < 1.29 is 13.2 Å². The van der Waals surface area contributed by atoms with Gasteiger partial charge in [0.1, 0.15) is 11.6 Å². The zero-order valence-corrected chi connectivity index (χ0v) is 44.7. The molecule has 3 nitrogen and oxygen atoms in total. The second-order valence-electron chi connectivity index (χ2n) is 21.6. The lowest BCUT2D eigenvalue weighted by Crippen LogP contribution is -2.07. The fourth-order valence-corrected chi connectivity index (χ4v) is 12.2. The van der Waals surface area contributed by atoms with Gasteiger partial charge in [0.2, 0.25) is 0 Å². The van der Waals surface area contributed by atoms with Gasteiger partial charge in [-0.05, 0) is 196 Å². The molecule has 2 heterocycles. The number of halogens is 3. The van der Waals surface area contributed by atoms with E-state index in [1.54, 1.807) is 13.0 Å². The van der Waals surface area contributed by atoms with E-state index in [4.69, 9.17) is 0 Å². The second-order valence-corrected chi connectivity index (χ2v) is 21.6. The topological polar surface area (TPSA) is 33.6 Å². The molecule has 0 saturated carbocycles. The Morgan fingerprint density at radius 1 is 0.325 bits per heavy atom. The lowest BCUT2D eigenvalue weighted by molar-refractivity contribution is -0.137. The number of nitrogens with zero attached hydrogens (tertiary/aromatic N) is 3. The first kappa shape index (κ1) is 49.0. The smallest absolute Gasteiger partial charge is 0.308 e. The predicted molar refractivity (Wildman–Crippen MR) is 315 cm³/mol. The van der Waals surface area contributed by atoms with Crippen LogP contribution >= 0.6 is 0 Å². The van der Waals surface area contributed by atoms with Gasteiger partial charge < -0.3 is 9.13 Å². The van der Waals surface area contributed by atoms with Crippen LogP contribution in [0.1, 0.15) is 61.2 Å². The molecule has 0 fully saturated rings. The highest BCUT2D eigenvalue weighted by Crippen LogP contribution is 2.45. The van der Waals surface area contributed by atoms with Gasteiger partial charge in [-0.25, -0.2) is 0 Å². The normalized spacial score (nSPS) is 11.9. The minimum atomic E-state index is -4.52. The quantitative estimate of drug-likeness (QED) is 0.157. The molecule has 6 heteroatoms. The molecule has 12 aromatic rings. The van der Waals surface area contributed by atoms with Crippen LogP contribution < -0.4 is 0 Å². The van der Waals surface area contributed by atoms with Crippen LogP contribution in [0.5, 0.6) is 0 Å². The van der Waals surface area contributed by atoms with Gasteiger partial charge in [0.15, 0.2) is 0 Å². The van der Waals surface area contributed by atoms with Gasteiger partial charge in [-0.3, -0.25) is 0 Å². The third kappa shape index (κ3) is 8.76. The fraction of sp³-hybridized carbons (Fsp3) is 0.141. The van der Waals surface area contributed by atoms with Crippen LogP contribution in [-0.4, -0.2) is 9.13 Å². The van der Waals surface area contributed by atoms with Crippen LogP contribution in [0.4, 0.5) is 13.2 Å². The average molecular weight is 1010 g/mol. The van der Waals surface area contributed by atoms with Crippen molar-refractivity contribution in [2.45, 2.75) is 68.5 Å².